The molecule has 1 heterocycles. The van der Waals surface area contributed by atoms with Gasteiger partial charge in [-0.2, -0.15) is 4.31 Å². The molecule has 5 nitrogen and oxygen atoms in total. The summed E-state index contributed by atoms with van der Waals surface area (Å²) in [5, 5.41) is 2.82. The number of halogens is 1. The molecule has 0 aliphatic carbocycles. The number of sulfonamides is 1. The van der Waals surface area contributed by atoms with E-state index in [0.717, 1.165) is 12.1 Å². The molecule has 0 bridgehead atoms. The monoisotopic (exact) mass is 328 g/mol. The maximum atomic E-state index is 13.0. The fourth-order valence-electron chi connectivity index (χ4n) is 2.48. The quantitative estimate of drug-likeness (QED) is 0.921. The van der Waals surface area contributed by atoms with Crippen molar-refractivity contribution in [2.75, 3.05) is 6.54 Å². The first-order valence-electron chi connectivity index (χ1n) is 7.21. The highest BCUT2D eigenvalue weighted by atomic mass is 32.2. The molecule has 122 valence electrons. The van der Waals surface area contributed by atoms with Crippen molar-refractivity contribution < 1.29 is 17.6 Å². The second-order valence-electron chi connectivity index (χ2n) is 6.47. The van der Waals surface area contributed by atoms with Crippen molar-refractivity contribution in [2.45, 2.75) is 50.1 Å². The van der Waals surface area contributed by atoms with Crippen LogP contribution in [0, 0.1) is 5.82 Å². The Morgan fingerprint density at radius 1 is 1.27 bits per heavy atom. The van der Waals surface area contributed by atoms with Gasteiger partial charge < -0.3 is 5.32 Å². The van der Waals surface area contributed by atoms with E-state index < -0.39 is 27.4 Å². The van der Waals surface area contributed by atoms with Gasteiger partial charge in [-0.05, 0) is 57.9 Å². The maximum absolute atomic E-state index is 13.0. The van der Waals surface area contributed by atoms with Crippen molar-refractivity contribution in [2.24, 2.45) is 0 Å². The van der Waals surface area contributed by atoms with E-state index in [1.54, 1.807) is 0 Å². The lowest BCUT2D eigenvalue weighted by Crippen LogP contribution is -2.51. The summed E-state index contributed by atoms with van der Waals surface area (Å²) in [6.07, 6.45) is 1.12. The number of hydrogen-bond donors (Lipinski definition) is 1. The minimum Gasteiger partial charge on any atom is -0.350 e. The molecule has 1 aliphatic rings. The molecule has 0 saturated carbocycles. The molecule has 1 aliphatic heterocycles. The van der Waals surface area contributed by atoms with E-state index >= 15 is 0 Å². The van der Waals surface area contributed by atoms with Crippen LogP contribution in [-0.4, -0.2) is 36.8 Å². The zero-order valence-electron chi connectivity index (χ0n) is 13.0. The zero-order chi connectivity index (χ0) is 16.5. The third-order valence-electron chi connectivity index (χ3n) is 3.42. The van der Waals surface area contributed by atoms with E-state index in [1.807, 2.05) is 20.8 Å². The second-order valence-corrected chi connectivity index (χ2v) is 8.36. The Bertz CT molecular complexity index is 650. The largest absolute Gasteiger partial charge is 0.350 e. The molecule has 0 spiro atoms. The van der Waals surface area contributed by atoms with Gasteiger partial charge in [0.2, 0.25) is 15.9 Å². The minimum atomic E-state index is -3.80. The van der Waals surface area contributed by atoms with Gasteiger partial charge in [0.25, 0.3) is 0 Å². The molecule has 0 aromatic heterocycles. The molecule has 1 amide bonds. The smallest absolute Gasteiger partial charge is 0.243 e. The summed E-state index contributed by atoms with van der Waals surface area (Å²) in [5.41, 5.74) is -0.426. The van der Waals surface area contributed by atoms with Crippen molar-refractivity contribution in [3.8, 4) is 0 Å². The van der Waals surface area contributed by atoms with Crippen LogP contribution in [0.2, 0.25) is 0 Å². The van der Waals surface area contributed by atoms with E-state index in [4.69, 9.17) is 0 Å². The fourth-order valence-corrected chi connectivity index (χ4v) is 4.14. The van der Waals surface area contributed by atoms with Gasteiger partial charge in [-0.15, -0.1) is 0 Å². The van der Waals surface area contributed by atoms with Gasteiger partial charge in [0.05, 0.1) is 4.90 Å². The number of amides is 1. The third-order valence-corrected chi connectivity index (χ3v) is 5.35. The minimum absolute atomic E-state index is 0.00404. The summed E-state index contributed by atoms with van der Waals surface area (Å²) in [7, 11) is -3.80. The molecule has 0 unspecified atom stereocenters. The number of carbonyl (C=O) groups excluding carboxylic acids is 1. The topological polar surface area (TPSA) is 66.5 Å². The SMILES string of the molecule is CC(C)(C)NC(=O)[C@@H]1CCCN1S(=O)(=O)c1ccc(F)cc1. The van der Waals surface area contributed by atoms with Gasteiger partial charge in [0, 0.05) is 12.1 Å². The van der Waals surface area contributed by atoms with E-state index in [1.165, 1.54) is 16.4 Å². The second kappa shape index (κ2) is 5.96. The highest BCUT2D eigenvalue weighted by Crippen LogP contribution is 2.26. The Morgan fingerprint density at radius 3 is 2.41 bits per heavy atom. The van der Waals surface area contributed by atoms with E-state index in [2.05, 4.69) is 5.32 Å². The number of rotatable bonds is 3. The molecule has 1 N–H and O–H groups in total. The summed E-state index contributed by atoms with van der Waals surface area (Å²) in [6.45, 7) is 5.83. The maximum Gasteiger partial charge on any atom is 0.243 e. The van der Waals surface area contributed by atoms with Gasteiger partial charge in [-0.1, -0.05) is 0 Å². The first-order valence-corrected chi connectivity index (χ1v) is 8.65. The summed E-state index contributed by atoms with van der Waals surface area (Å²) < 4.78 is 39.5. The third kappa shape index (κ3) is 3.64. The summed E-state index contributed by atoms with van der Waals surface area (Å²) in [6, 6.07) is 3.94. The average Bonchev–Trinajstić information content (AvgIpc) is 2.87. The Morgan fingerprint density at radius 2 is 1.86 bits per heavy atom. The molecule has 2 rings (SSSR count). The lowest BCUT2D eigenvalue weighted by Gasteiger charge is -2.27. The molecule has 1 aromatic rings. The van der Waals surface area contributed by atoms with Crippen LogP contribution in [0.15, 0.2) is 29.2 Å². The number of hydrogen-bond acceptors (Lipinski definition) is 3. The van der Waals surface area contributed by atoms with Crippen molar-refractivity contribution in [1.29, 1.82) is 0 Å². The Balaban J connectivity index is 2.26. The predicted molar refractivity (Wildman–Crippen MR) is 81.2 cm³/mol. The zero-order valence-corrected chi connectivity index (χ0v) is 13.8. The van der Waals surface area contributed by atoms with Crippen LogP contribution in [-0.2, 0) is 14.8 Å². The molecule has 1 fully saturated rings. The van der Waals surface area contributed by atoms with Crippen molar-refractivity contribution in [3.63, 3.8) is 0 Å². The highest BCUT2D eigenvalue weighted by molar-refractivity contribution is 7.89. The number of nitrogens with zero attached hydrogens (tertiary/aromatic N) is 1. The van der Waals surface area contributed by atoms with Crippen LogP contribution < -0.4 is 5.32 Å². The number of nitrogens with one attached hydrogen (secondary N) is 1. The van der Waals surface area contributed by atoms with Crippen LogP contribution in [0.4, 0.5) is 4.39 Å². The summed E-state index contributed by atoms with van der Waals surface area (Å²) >= 11 is 0. The van der Waals surface area contributed by atoms with Gasteiger partial charge >= 0.3 is 0 Å². The average molecular weight is 328 g/mol. The Labute approximate surface area is 130 Å². The molecule has 1 aromatic carbocycles. The van der Waals surface area contributed by atoms with Crippen molar-refractivity contribution in [1.82, 2.24) is 9.62 Å². The molecule has 7 heteroatoms. The first-order chi connectivity index (χ1) is 10.1. The van der Waals surface area contributed by atoms with Gasteiger partial charge in [0.15, 0.2) is 0 Å². The molecule has 0 radical (unpaired) electrons. The van der Waals surface area contributed by atoms with Crippen LogP contribution in [0.5, 0.6) is 0 Å². The van der Waals surface area contributed by atoms with Crippen LogP contribution >= 0.6 is 0 Å². The van der Waals surface area contributed by atoms with Crippen molar-refractivity contribution >= 4 is 15.9 Å². The predicted octanol–water partition coefficient (Wildman–Crippen LogP) is 1.89. The molecule has 22 heavy (non-hydrogen) atoms. The van der Waals surface area contributed by atoms with E-state index in [0.29, 0.717) is 19.4 Å². The van der Waals surface area contributed by atoms with E-state index in [9.17, 15) is 17.6 Å². The molecular formula is C15H21FN2O3S. The summed E-state index contributed by atoms with van der Waals surface area (Å²) in [5.74, 6) is -0.793. The van der Waals surface area contributed by atoms with Gasteiger partial charge in [0.1, 0.15) is 11.9 Å². The number of benzene rings is 1. The van der Waals surface area contributed by atoms with Crippen LogP contribution in [0.3, 0.4) is 0 Å². The molecular weight excluding hydrogens is 307 g/mol. The Hall–Kier alpha value is -1.47. The van der Waals surface area contributed by atoms with Crippen molar-refractivity contribution in [3.05, 3.63) is 30.1 Å². The van der Waals surface area contributed by atoms with Gasteiger partial charge in [-0.25, -0.2) is 12.8 Å². The molecule has 1 atom stereocenters. The Kier molecular flexibility index (Phi) is 4.58. The number of carbonyl (C=O) groups is 1. The highest BCUT2D eigenvalue weighted by Gasteiger charge is 2.40. The fraction of sp³-hybridized carbons (Fsp3) is 0.533. The van der Waals surface area contributed by atoms with Gasteiger partial charge in [-0.3, -0.25) is 4.79 Å². The standard InChI is InChI=1S/C15H21FN2O3S/c1-15(2,3)17-14(19)13-5-4-10-18(13)22(20,21)12-8-6-11(16)7-9-12/h6-9,13H,4-5,10H2,1-3H3,(H,17,19)/t13-/m0/s1. The first kappa shape index (κ1) is 16.9. The van der Waals surface area contributed by atoms with Crippen LogP contribution in [0.25, 0.3) is 0 Å². The van der Waals surface area contributed by atoms with E-state index in [-0.39, 0.29) is 10.8 Å². The molecule has 1 saturated heterocycles. The van der Waals surface area contributed by atoms with Crippen LogP contribution in [0.1, 0.15) is 33.6 Å². The normalized spacial score (nSPS) is 20.1. The summed E-state index contributed by atoms with van der Waals surface area (Å²) in [4.78, 5) is 12.3. The lowest BCUT2D eigenvalue weighted by atomic mass is 10.1. The lowest BCUT2D eigenvalue weighted by molar-refractivity contribution is -0.125.